The number of hydrogen-bond donors (Lipinski definition) is 1. The van der Waals surface area contributed by atoms with Gasteiger partial charge in [-0.2, -0.15) is 5.10 Å². The number of carbonyl (C=O) groups is 2. The highest BCUT2D eigenvalue weighted by atomic mass is 16.5. The van der Waals surface area contributed by atoms with Crippen molar-refractivity contribution in [3.8, 4) is 22.7 Å². The first-order valence-electron chi connectivity index (χ1n) is 12.1. The van der Waals surface area contributed by atoms with Crippen LogP contribution in [0.1, 0.15) is 16.1 Å². The first-order chi connectivity index (χ1) is 18.6. The third-order valence-electron chi connectivity index (χ3n) is 5.91. The standard InChI is InChI=1S/C30H26N4O4/c1-37-25-15-8-12-23(18-25)30(36)33(20-26-16-9-17-38-26)21-29(35)31-28-19-27(22-10-4-2-5-11-22)32-34(28)24-13-6-3-7-14-24/h2-19H,20-21H2,1H3,(H,31,35). The molecule has 5 rings (SSSR count). The van der Waals surface area contributed by atoms with Gasteiger partial charge < -0.3 is 19.4 Å². The Kier molecular flexibility index (Phi) is 7.31. The quantitative estimate of drug-likeness (QED) is 0.288. The summed E-state index contributed by atoms with van der Waals surface area (Å²) in [5.74, 6) is 0.918. The van der Waals surface area contributed by atoms with Gasteiger partial charge in [-0.3, -0.25) is 9.59 Å². The molecule has 8 heteroatoms. The van der Waals surface area contributed by atoms with E-state index in [1.807, 2.05) is 66.7 Å². The monoisotopic (exact) mass is 506 g/mol. The molecule has 0 aliphatic rings. The van der Waals surface area contributed by atoms with Gasteiger partial charge in [-0.1, -0.05) is 54.6 Å². The van der Waals surface area contributed by atoms with Crippen molar-refractivity contribution in [1.82, 2.24) is 14.7 Å². The van der Waals surface area contributed by atoms with E-state index in [0.717, 1.165) is 11.3 Å². The molecule has 0 aliphatic carbocycles. The minimum absolute atomic E-state index is 0.129. The minimum Gasteiger partial charge on any atom is -0.497 e. The van der Waals surface area contributed by atoms with Crippen LogP contribution in [0.15, 0.2) is 114 Å². The van der Waals surface area contributed by atoms with Crippen LogP contribution < -0.4 is 10.1 Å². The Morgan fingerprint density at radius 2 is 1.68 bits per heavy atom. The third-order valence-corrected chi connectivity index (χ3v) is 5.91. The topological polar surface area (TPSA) is 89.6 Å². The summed E-state index contributed by atoms with van der Waals surface area (Å²) in [7, 11) is 1.54. The molecule has 0 saturated heterocycles. The number of methoxy groups -OCH3 is 1. The van der Waals surface area contributed by atoms with Crippen LogP contribution in [0.3, 0.4) is 0 Å². The van der Waals surface area contributed by atoms with Gasteiger partial charge in [-0.25, -0.2) is 4.68 Å². The Balaban J connectivity index is 1.42. The molecule has 8 nitrogen and oxygen atoms in total. The summed E-state index contributed by atoms with van der Waals surface area (Å²) in [5.41, 5.74) is 2.84. The lowest BCUT2D eigenvalue weighted by molar-refractivity contribution is -0.117. The summed E-state index contributed by atoms with van der Waals surface area (Å²) in [6.45, 7) is -0.0684. The van der Waals surface area contributed by atoms with Crippen LogP contribution in [-0.2, 0) is 11.3 Å². The third kappa shape index (κ3) is 5.65. The highest BCUT2D eigenvalue weighted by Crippen LogP contribution is 2.25. The molecule has 2 aromatic heterocycles. The van der Waals surface area contributed by atoms with Crippen LogP contribution in [0.2, 0.25) is 0 Å². The maximum Gasteiger partial charge on any atom is 0.254 e. The average molecular weight is 507 g/mol. The molecule has 190 valence electrons. The van der Waals surface area contributed by atoms with Gasteiger partial charge in [-0.15, -0.1) is 0 Å². The van der Waals surface area contributed by atoms with Crippen molar-refractivity contribution in [2.45, 2.75) is 6.54 Å². The number of para-hydroxylation sites is 1. The zero-order chi connectivity index (χ0) is 26.3. The fourth-order valence-corrected chi connectivity index (χ4v) is 4.07. The molecule has 0 saturated carbocycles. The second-order valence-electron chi connectivity index (χ2n) is 8.55. The van der Waals surface area contributed by atoms with Gasteiger partial charge in [0.15, 0.2) is 0 Å². The minimum atomic E-state index is -0.371. The van der Waals surface area contributed by atoms with E-state index in [9.17, 15) is 9.59 Å². The summed E-state index contributed by atoms with van der Waals surface area (Å²) in [6, 6.07) is 31.4. The number of hydrogen-bond acceptors (Lipinski definition) is 5. The van der Waals surface area contributed by atoms with E-state index in [4.69, 9.17) is 14.3 Å². The first-order valence-corrected chi connectivity index (χ1v) is 12.1. The normalized spacial score (nSPS) is 10.7. The number of nitrogens with zero attached hydrogens (tertiary/aromatic N) is 3. The Morgan fingerprint density at radius 3 is 2.39 bits per heavy atom. The van der Waals surface area contributed by atoms with E-state index in [0.29, 0.717) is 28.6 Å². The van der Waals surface area contributed by atoms with E-state index in [2.05, 4.69) is 5.32 Å². The van der Waals surface area contributed by atoms with E-state index in [1.165, 1.54) is 18.3 Å². The largest absolute Gasteiger partial charge is 0.497 e. The Bertz CT molecular complexity index is 1510. The Hall–Kier alpha value is -5.11. The molecule has 2 heterocycles. The number of anilines is 1. The van der Waals surface area contributed by atoms with Crippen molar-refractivity contribution in [1.29, 1.82) is 0 Å². The number of nitrogens with one attached hydrogen (secondary N) is 1. The van der Waals surface area contributed by atoms with Gasteiger partial charge >= 0.3 is 0 Å². The molecule has 3 aromatic carbocycles. The predicted octanol–water partition coefficient (Wildman–Crippen LogP) is 5.42. The second-order valence-corrected chi connectivity index (χ2v) is 8.55. The lowest BCUT2D eigenvalue weighted by atomic mass is 10.1. The molecule has 0 spiro atoms. The maximum atomic E-state index is 13.4. The van der Waals surface area contributed by atoms with Crippen LogP contribution in [0, 0.1) is 0 Å². The van der Waals surface area contributed by atoms with Crippen LogP contribution in [-0.4, -0.2) is 40.1 Å². The van der Waals surface area contributed by atoms with Crippen LogP contribution in [0.5, 0.6) is 5.75 Å². The van der Waals surface area contributed by atoms with E-state index >= 15 is 0 Å². The van der Waals surface area contributed by atoms with Crippen molar-refractivity contribution < 1.29 is 18.7 Å². The highest BCUT2D eigenvalue weighted by Gasteiger charge is 2.22. The molecule has 0 atom stereocenters. The molecule has 0 fully saturated rings. The molecule has 1 N–H and O–H groups in total. The van der Waals surface area contributed by atoms with Crippen molar-refractivity contribution in [3.63, 3.8) is 0 Å². The number of rotatable bonds is 9. The zero-order valence-electron chi connectivity index (χ0n) is 20.8. The number of ether oxygens (including phenoxy) is 1. The first kappa shape index (κ1) is 24.6. The summed E-state index contributed by atoms with van der Waals surface area (Å²) in [5, 5.41) is 7.69. The summed E-state index contributed by atoms with van der Waals surface area (Å²) < 4.78 is 12.4. The second kappa shape index (κ2) is 11.3. The van der Waals surface area contributed by atoms with E-state index in [-0.39, 0.29) is 24.9 Å². The maximum absolute atomic E-state index is 13.4. The molecule has 2 amide bonds. The number of furan rings is 1. The van der Waals surface area contributed by atoms with Crippen molar-refractivity contribution >= 4 is 17.6 Å². The predicted molar refractivity (Wildman–Crippen MR) is 144 cm³/mol. The molecule has 0 aliphatic heterocycles. The molecule has 0 radical (unpaired) electrons. The molecule has 38 heavy (non-hydrogen) atoms. The highest BCUT2D eigenvalue weighted by molar-refractivity contribution is 5.99. The lowest BCUT2D eigenvalue weighted by Crippen LogP contribution is -2.37. The van der Waals surface area contributed by atoms with Gasteiger partial charge in [0.2, 0.25) is 5.91 Å². The van der Waals surface area contributed by atoms with Crippen LogP contribution in [0.4, 0.5) is 5.82 Å². The fourth-order valence-electron chi connectivity index (χ4n) is 4.07. The molecular formula is C30H26N4O4. The van der Waals surface area contributed by atoms with Gasteiger partial charge in [0.25, 0.3) is 5.91 Å². The molecule has 0 unspecified atom stereocenters. The van der Waals surface area contributed by atoms with Gasteiger partial charge in [0, 0.05) is 17.2 Å². The summed E-state index contributed by atoms with van der Waals surface area (Å²) in [4.78, 5) is 28.2. The smallest absolute Gasteiger partial charge is 0.254 e. The summed E-state index contributed by atoms with van der Waals surface area (Å²) >= 11 is 0. The summed E-state index contributed by atoms with van der Waals surface area (Å²) in [6.07, 6.45) is 1.53. The van der Waals surface area contributed by atoms with Gasteiger partial charge in [-0.05, 0) is 42.5 Å². The van der Waals surface area contributed by atoms with E-state index in [1.54, 1.807) is 41.1 Å². The average Bonchev–Trinajstić information content (AvgIpc) is 3.63. The van der Waals surface area contributed by atoms with Gasteiger partial charge in [0.1, 0.15) is 23.9 Å². The van der Waals surface area contributed by atoms with Crippen LogP contribution >= 0.6 is 0 Å². The van der Waals surface area contributed by atoms with Gasteiger partial charge in [0.05, 0.1) is 31.3 Å². The van der Waals surface area contributed by atoms with Crippen molar-refractivity contribution in [2.75, 3.05) is 19.0 Å². The number of carbonyl (C=O) groups excluding carboxylic acids is 2. The molecular weight excluding hydrogens is 480 g/mol. The number of aromatic nitrogens is 2. The van der Waals surface area contributed by atoms with Crippen molar-refractivity contribution in [3.05, 3.63) is 121 Å². The van der Waals surface area contributed by atoms with Crippen molar-refractivity contribution in [2.24, 2.45) is 0 Å². The SMILES string of the molecule is COc1cccc(C(=O)N(CC(=O)Nc2cc(-c3ccccc3)nn2-c2ccccc2)Cc2ccco2)c1. The van der Waals surface area contributed by atoms with E-state index < -0.39 is 0 Å². The Labute approximate surface area is 220 Å². The Morgan fingerprint density at radius 1 is 0.921 bits per heavy atom. The number of benzene rings is 3. The molecule has 5 aromatic rings. The lowest BCUT2D eigenvalue weighted by Gasteiger charge is -2.21. The number of amides is 2. The molecule has 0 bridgehead atoms. The zero-order valence-corrected chi connectivity index (χ0v) is 20.8. The van der Waals surface area contributed by atoms with Crippen LogP contribution in [0.25, 0.3) is 16.9 Å². The fraction of sp³-hybridized carbons (Fsp3) is 0.100.